The monoisotopic (exact) mass is 254 g/mol. The van der Waals surface area contributed by atoms with Gasteiger partial charge in [-0.25, -0.2) is 4.79 Å². The molecule has 0 atom stereocenters. The van der Waals surface area contributed by atoms with Gasteiger partial charge in [0.1, 0.15) is 0 Å². The molecular formula is C12H22N4O2. The highest BCUT2D eigenvalue weighted by Gasteiger charge is 2.13. The Morgan fingerprint density at radius 2 is 1.94 bits per heavy atom. The number of hydrogen-bond acceptors (Lipinski definition) is 4. The normalized spacial score (nSPS) is 20.0. The molecule has 102 valence electrons. The van der Waals surface area contributed by atoms with Gasteiger partial charge in [0.25, 0.3) is 0 Å². The van der Waals surface area contributed by atoms with E-state index in [1.165, 1.54) is 4.90 Å². The highest BCUT2D eigenvalue weighted by atomic mass is 16.4. The van der Waals surface area contributed by atoms with Crippen LogP contribution in [0.4, 0.5) is 4.79 Å². The summed E-state index contributed by atoms with van der Waals surface area (Å²) in [6.07, 6.45) is 0.887. The lowest BCUT2D eigenvalue weighted by Gasteiger charge is -2.20. The van der Waals surface area contributed by atoms with Gasteiger partial charge in [0.05, 0.1) is 6.54 Å². The summed E-state index contributed by atoms with van der Waals surface area (Å²) in [6.45, 7) is 8.04. The van der Waals surface area contributed by atoms with Gasteiger partial charge in [0.2, 0.25) is 0 Å². The molecule has 0 spiro atoms. The van der Waals surface area contributed by atoms with E-state index >= 15 is 0 Å². The van der Waals surface area contributed by atoms with Gasteiger partial charge in [-0.2, -0.15) is 0 Å². The summed E-state index contributed by atoms with van der Waals surface area (Å²) in [5.41, 5.74) is 1.56. The van der Waals surface area contributed by atoms with Gasteiger partial charge in [0, 0.05) is 44.1 Å². The minimum Gasteiger partial charge on any atom is -0.465 e. The van der Waals surface area contributed by atoms with Crippen molar-refractivity contribution in [3.8, 4) is 0 Å². The molecule has 1 aliphatic rings. The predicted molar refractivity (Wildman–Crippen MR) is 72.2 cm³/mol. The van der Waals surface area contributed by atoms with Crippen LogP contribution in [0.2, 0.25) is 0 Å². The first kappa shape index (κ1) is 14.7. The standard InChI is InChI=1S/C12H22N4O2/c1-10-9-11(2)16(12(17)18)8-7-14-4-3-13-5-6-15-10/h9,13-14H,3-8H2,1-2H3,(H,17,18). The fourth-order valence-corrected chi connectivity index (χ4v) is 1.78. The molecule has 18 heavy (non-hydrogen) atoms. The molecule has 0 aliphatic carbocycles. The van der Waals surface area contributed by atoms with Crippen LogP contribution in [0.5, 0.6) is 0 Å². The van der Waals surface area contributed by atoms with Gasteiger partial charge in [-0.15, -0.1) is 0 Å². The Kier molecular flexibility index (Phi) is 6.38. The number of amides is 1. The van der Waals surface area contributed by atoms with E-state index in [9.17, 15) is 4.79 Å². The fraction of sp³-hybridized carbons (Fsp3) is 0.667. The molecule has 0 aromatic rings. The molecule has 1 aliphatic heterocycles. The Balaban J connectivity index is 2.76. The average molecular weight is 254 g/mol. The van der Waals surface area contributed by atoms with Crippen molar-refractivity contribution in [3.05, 3.63) is 11.8 Å². The highest BCUT2D eigenvalue weighted by Crippen LogP contribution is 2.04. The smallest absolute Gasteiger partial charge is 0.411 e. The molecule has 0 aromatic carbocycles. The predicted octanol–water partition coefficient (Wildman–Crippen LogP) is 0.524. The molecule has 0 aromatic heterocycles. The number of nitrogens with zero attached hydrogens (tertiary/aromatic N) is 2. The molecule has 1 heterocycles. The number of carboxylic acid groups (broad SMARTS) is 1. The zero-order chi connectivity index (χ0) is 13.4. The molecule has 0 fully saturated rings. The van der Waals surface area contributed by atoms with Crippen molar-refractivity contribution in [3.63, 3.8) is 0 Å². The second kappa shape index (κ2) is 7.84. The van der Waals surface area contributed by atoms with Gasteiger partial charge < -0.3 is 15.7 Å². The Morgan fingerprint density at radius 1 is 1.28 bits per heavy atom. The molecule has 3 N–H and O–H groups in total. The van der Waals surface area contributed by atoms with E-state index < -0.39 is 6.09 Å². The molecule has 0 saturated carbocycles. The minimum atomic E-state index is -0.925. The zero-order valence-electron chi connectivity index (χ0n) is 11.1. The fourth-order valence-electron chi connectivity index (χ4n) is 1.78. The number of carbonyl (C=O) groups is 1. The first-order valence-corrected chi connectivity index (χ1v) is 6.22. The van der Waals surface area contributed by atoms with Crippen molar-refractivity contribution in [2.45, 2.75) is 13.8 Å². The lowest BCUT2D eigenvalue weighted by atomic mass is 10.3. The Morgan fingerprint density at radius 3 is 2.61 bits per heavy atom. The van der Waals surface area contributed by atoms with Crippen LogP contribution in [0.15, 0.2) is 16.8 Å². The van der Waals surface area contributed by atoms with Gasteiger partial charge in [-0.05, 0) is 19.9 Å². The number of aliphatic imine (C=N–C) groups is 1. The SMILES string of the molecule is CC1=CC(C)=NCCNCCNCCN1C(=O)O. The van der Waals surface area contributed by atoms with E-state index in [1.807, 2.05) is 13.0 Å². The number of rotatable bonds is 0. The van der Waals surface area contributed by atoms with Crippen molar-refractivity contribution in [2.75, 3.05) is 39.3 Å². The maximum Gasteiger partial charge on any atom is 0.411 e. The summed E-state index contributed by atoms with van der Waals surface area (Å²) in [4.78, 5) is 16.9. The first-order valence-electron chi connectivity index (χ1n) is 6.22. The molecule has 1 rings (SSSR count). The van der Waals surface area contributed by atoms with Gasteiger partial charge in [-0.3, -0.25) is 9.89 Å². The van der Waals surface area contributed by atoms with Crippen molar-refractivity contribution in [2.24, 2.45) is 4.99 Å². The topological polar surface area (TPSA) is 77.0 Å². The van der Waals surface area contributed by atoms with E-state index in [0.29, 0.717) is 25.3 Å². The van der Waals surface area contributed by atoms with Crippen molar-refractivity contribution in [1.82, 2.24) is 15.5 Å². The van der Waals surface area contributed by atoms with Crippen molar-refractivity contribution in [1.29, 1.82) is 0 Å². The van der Waals surface area contributed by atoms with Crippen LogP contribution in [-0.2, 0) is 0 Å². The van der Waals surface area contributed by atoms with E-state index in [4.69, 9.17) is 5.11 Å². The molecule has 0 unspecified atom stereocenters. The third kappa shape index (κ3) is 5.29. The summed E-state index contributed by atoms with van der Waals surface area (Å²) >= 11 is 0. The van der Waals surface area contributed by atoms with Gasteiger partial charge in [0.15, 0.2) is 0 Å². The van der Waals surface area contributed by atoms with E-state index in [-0.39, 0.29) is 0 Å². The second-order valence-electron chi connectivity index (χ2n) is 4.24. The molecule has 1 amide bonds. The highest BCUT2D eigenvalue weighted by molar-refractivity contribution is 5.93. The third-order valence-electron chi connectivity index (χ3n) is 2.71. The van der Waals surface area contributed by atoms with Gasteiger partial charge in [-0.1, -0.05) is 0 Å². The molecule has 0 saturated heterocycles. The summed E-state index contributed by atoms with van der Waals surface area (Å²) < 4.78 is 0. The minimum absolute atomic E-state index is 0.449. The Bertz CT molecular complexity index is 339. The maximum atomic E-state index is 11.2. The van der Waals surface area contributed by atoms with E-state index in [1.54, 1.807) is 6.92 Å². The van der Waals surface area contributed by atoms with Crippen LogP contribution >= 0.6 is 0 Å². The van der Waals surface area contributed by atoms with Crippen LogP contribution < -0.4 is 10.6 Å². The molecule has 6 nitrogen and oxygen atoms in total. The van der Waals surface area contributed by atoms with E-state index in [0.717, 1.165) is 25.3 Å². The Labute approximate surface area is 108 Å². The van der Waals surface area contributed by atoms with Crippen LogP contribution in [0, 0.1) is 0 Å². The molecular weight excluding hydrogens is 232 g/mol. The largest absolute Gasteiger partial charge is 0.465 e. The molecule has 6 heteroatoms. The van der Waals surface area contributed by atoms with Crippen molar-refractivity contribution >= 4 is 11.8 Å². The maximum absolute atomic E-state index is 11.2. The summed E-state index contributed by atoms with van der Waals surface area (Å²) in [5.74, 6) is 0. The van der Waals surface area contributed by atoms with Crippen LogP contribution in [0.1, 0.15) is 13.8 Å². The van der Waals surface area contributed by atoms with Crippen LogP contribution in [0.25, 0.3) is 0 Å². The average Bonchev–Trinajstić information content (AvgIpc) is 2.31. The summed E-state index contributed by atoms with van der Waals surface area (Å²) in [6, 6.07) is 0. The lowest BCUT2D eigenvalue weighted by Crippen LogP contribution is -2.37. The molecule has 0 bridgehead atoms. The third-order valence-corrected chi connectivity index (χ3v) is 2.71. The number of hydrogen-bond donors (Lipinski definition) is 3. The quantitative estimate of drug-likeness (QED) is 0.589. The first-order chi connectivity index (χ1) is 8.61. The summed E-state index contributed by atoms with van der Waals surface area (Å²) in [7, 11) is 0. The lowest BCUT2D eigenvalue weighted by molar-refractivity contribution is 0.159. The van der Waals surface area contributed by atoms with Crippen molar-refractivity contribution < 1.29 is 9.90 Å². The second-order valence-corrected chi connectivity index (χ2v) is 4.24. The Hall–Kier alpha value is -1.40. The van der Waals surface area contributed by atoms with Crippen LogP contribution in [-0.4, -0.2) is 61.1 Å². The number of allylic oxidation sites excluding steroid dienone is 2. The van der Waals surface area contributed by atoms with Crippen LogP contribution in [0.3, 0.4) is 0 Å². The summed E-state index contributed by atoms with van der Waals surface area (Å²) in [5, 5.41) is 15.6. The van der Waals surface area contributed by atoms with E-state index in [2.05, 4.69) is 15.6 Å². The number of nitrogens with one attached hydrogen (secondary N) is 2. The molecule has 0 radical (unpaired) electrons. The van der Waals surface area contributed by atoms with Gasteiger partial charge >= 0.3 is 6.09 Å². The zero-order valence-corrected chi connectivity index (χ0v) is 11.1.